The Morgan fingerprint density at radius 2 is 1.83 bits per heavy atom. The van der Waals surface area contributed by atoms with Crippen molar-refractivity contribution in [3.8, 4) is 5.75 Å². The summed E-state index contributed by atoms with van der Waals surface area (Å²) >= 11 is 0. The smallest absolute Gasteiger partial charge is 0.338 e. The van der Waals surface area contributed by atoms with Crippen molar-refractivity contribution in [2.45, 2.75) is 31.2 Å². The van der Waals surface area contributed by atoms with E-state index in [9.17, 15) is 14.7 Å². The number of aliphatic hydroxyl groups excluding tert-OH is 1. The summed E-state index contributed by atoms with van der Waals surface area (Å²) in [5.74, 6) is -0.233. The monoisotopic (exact) mass is 408 g/mol. The largest absolute Gasteiger partial charge is 0.491 e. The second-order valence-electron chi connectivity index (χ2n) is 7.60. The molecule has 1 aliphatic carbocycles. The summed E-state index contributed by atoms with van der Waals surface area (Å²) in [6.45, 7) is 0.102. The molecule has 2 aromatic carbocycles. The molecule has 1 N–H and O–H groups in total. The van der Waals surface area contributed by atoms with Crippen molar-refractivity contribution in [3.63, 3.8) is 0 Å². The van der Waals surface area contributed by atoms with Gasteiger partial charge in [0.2, 0.25) is 0 Å². The Morgan fingerprint density at radius 3 is 2.57 bits per heavy atom. The molecule has 0 bridgehead atoms. The predicted octanol–water partition coefficient (Wildman–Crippen LogP) is 3.16. The van der Waals surface area contributed by atoms with Crippen molar-refractivity contribution in [2.75, 3.05) is 6.61 Å². The maximum Gasteiger partial charge on any atom is 0.338 e. The summed E-state index contributed by atoms with van der Waals surface area (Å²) in [6.07, 6.45) is 2.71. The van der Waals surface area contributed by atoms with Gasteiger partial charge in [-0.2, -0.15) is 0 Å². The van der Waals surface area contributed by atoms with Crippen LogP contribution in [0.4, 0.5) is 0 Å². The number of rotatable bonds is 7. The number of hydrogen-bond acceptors (Lipinski definition) is 6. The molecule has 0 unspecified atom stereocenters. The molecule has 5 atom stereocenters. The van der Waals surface area contributed by atoms with Gasteiger partial charge in [0, 0.05) is 18.3 Å². The Bertz CT molecular complexity index is 894. The van der Waals surface area contributed by atoms with Crippen molar-refractivity contribution in [1.82, 2.24) is 0 Å². The zero-order chi connectivity index (χ0) is 20.9. The SMILES string of the molecule is O=C1C[C@@H]2[C@@H](C=C[C@@H](O)COc3ccccc3)[C@H](OC(=O)c3ccccc3)C[C@@H]2O1. The Morgan fingerprint density at radius 1 is 1.13 bits per heavy atom. The Balaban J connectivity index is 1.41. The molecule has 4 rings (SSSR count). The van der Waals surface area contributed by atoms with Gasteiger partial charge in [0.05, 0.1) is 12.0 Å². The minimum Gasteiger partial charge on any atom is -0.491 e. The first-order chi connectivity index (χ1) is 14.6. The van der Waals surface area contributed by atoms with Gasteiger partial charge in [-0.15, -0.1) is 0 Å². The highest BCUT2D eigenvalue weighted by Gasteiger charge is 2.50. The third-order valence-electron chi connectivity index (χ3n) is 5.54. The molecule has 1 saturated carbocycles. The molecule has 0 spiro atoms. The third-order valence-corrected chi connectivity index (χ3v) is 5.54. The van der Waals surface area contributed by atoms with E-state index < -0.39 is 18.2 Å². The van der Waals surface area contributed by atoms with E-state index in [0.29, 0.717) is 17.7 Å². The van der Waals surface area contributed by atoms with E-state index in [0.717, 1.165) is 0 Å². The van der Waals surface area contributed by atoms with Gasteiger partial charge in [-0.05, 0) is 24.3 Å². The highest BCUT2D eigenvalue weighted by atomic mass is 16.6. The number of ether oxygens (including phenoxy) is 3. The number of carbonyl (C=O) groups is 2. The lowest BCUT2D eigenvalue weighted by molar-refractivity contribution is -0.141. The van der Waals surface area contributed by atoms with Gasteiger partial charge in [-0.1, -0.05) is 48.6 Å². The standard InChI is InChI=1S/C24H24O6/c25-17(15-28-18-9-5-2-6-10-18)11-12-19-20-13-23(26)29-22(20)14-21(19)30-24(27)16-7-3-1-4-8-16/h1-12,17,19-22,25H,13-15H2/t17-,19-,20-,21-,22+/m1/s1. The molecule has 0 amide bonds. The zero-order valence-electron chi connectivity index (χ0n) is 16.4. The van der Waals surface area contributed by atoms with E-state index in [-0.39, 0.29) is 36.9 Å². The maximum atomic E-state index is 12.5. The summed E-state index contributed by atoms with van der Waals surface area (Å²) in [5, 5.41) is 10.3. The average molecular weight is 408 g/mol. The first kappa shape index (κ1) is 20.2. The van der Waals surface area contributed by atoms with Gasteiger partial charge in [-0.3, -0.25) is 4.79 Å². The zero-order valence-corrected chi connectivity index (χ0v) is 16.4. The van der Waals surface area contributed by atoms with Crippen LogP contribution in [0.25, 0.3) is 0 Å². The lowest BCUT2D eigenvalue weighted by Crippen LogP contribution is -2.25. The lowest BCUT2D eigenvalue weighted by Gasteiger charge is -2.20. The van der Waals surface area contributed by atoms with E-state index in [1.54, 1.807) is 30.3 Å². The van der Waals surface area contributed by atoms with Crippen LogP contribution in [0, 0.1) is 11.8 Å². The fourth-order valence-corrected chi connectivity index (χ4v) is 4.08. The first-order valence-electron chi connectivity index (χ1n) is 10.1. The van der Waals surface area contributed by atoms with Crippen molar-refractivity contribution < 1.29 is 28.9 Å². The van der Waals surface area contributed by atoms with Crippen LogP contribution in [0.3, 0.4) is 0 Å². The van der Waals surface area contributed by atoms with Crippen LogP contribution in [0.15, 0.2) is 72.8 Å². The average Bonchev–Trinajstić information content (AvgIpc) is 3.27. The van der Waals surface area contributed by atoms with E-state index in [1.165, 1.54) is 0 Å². The number of aliphatic hydroxyl groups is 1. The Kier molecular flexibility index (Phi) is 6.14. The highest BCUT2D eigenvalue weighted by Crippen LogP contribution is 2.43. The van der Waals surface area contributed by atoms with Crippen LogP contribution in [0.2, 0.25) is 0 Å². The number of fused-ring (bicyclic) bond motifs is 1. The molecule has 2 fully saturated rings. The molecule has 30 heavy (non-hydrogen) atoms. The van der Waals surface area contributed by atoms with Gasteiger partial charge < -0.3 is 19.3 Å². The van der Waals surface area contributed by atoms with Crippen LogP contribution in [-0.4, -0.2) is 42.0 Å². The number of carbonyl (C=O) groups excluding carboxylic acids is 2. The van der Waals surface area contributed by atoms with Crippen molar-refractivity contribution in [3.05, 3.63) is 78.4 Å². The number of para-hydroxylation sites is 1. The molecular formula is C24H24O6. The molecule has 6 nitrogen and oxygen atoms in total. The second kappa shape index (κ2) is 9.13. The first-order valence-corrected chi connectivity index (χ1v) is 10.1. The number of hydrogen-bond donors (Lipinski definition) is 1. The quantitative estimate of drug-likeness (QED) is 0.560. The molecule has 0 aromatic heterocycles. The molecule has 0 radical (unpaired) electrons. The number of esters is 2. The summed E-state index contributed by atoms with van der Waals surface area (Å²) in [6, 6.07) is 18.0. The van der Waals surface area contributed by atoms with Crippen LogP contribution in [0.5, 0.6) is 5.75 Å². The second-order valence-corrected chi connectivity index (χ2v) is 7.60. The molecule has 1 aliphatic heterocycles. The van der Waals surface area contributed by atoms with E-state index in [4.69, 9.17) is 14.2 Å². The van der Waals surface area contributed by atoms with Crippen molar-refractivity contribution in [2.24, 2.45) is 11.8 Å². The van der Waals surface area contributed by atoms with E-state index in [1.807, 2.05) is 42.5 Å². The third kappa shape index (κ3) is 4.71. The normalized spacial score (nSPS) is 26.2. The van der Waals surface area contributed by atoms with Gasteiger partial charge in [0.1, 0.15) is 30.7 Å². The highest BCUT2D eigenvalue weighted by molar-refractivity contribution is 5.89. The number of benzene rings is 2. The van der Waals surface area contributed by atoms with Gasteiger partial charge in [-0.25, -0.2) is 4.79 Å². The van der Waals surface area contributed by atoms with Gasteiger partial charge >= 0.3 is 11.9 Å². The van der Waals surface area contributed by atoms with E-state index in [2.05, 4.69) is 0 Å². The summed E-state index contributed by atoms with van der Waals surface area (Å²) < 4.78 is 16.7. The summed E-state index contributed by atoms with van der Waals surface area (Å²) in [4.78, 5) is 24.2. The van der Waals surface area contributed by atoms with Crippen LogP contribution >= 0.6 is 0 Å². The maximum absolute atomic E-state index is 12.5. The Labute approximate surface area is 175 Å². The lowest BCUT2D eigenvalue weighted by atomic mass is 9.91. The molecule has 6 heteroatoms. The Hall–Kier alpha value is -3.12. The van der Waals surface area contributed by atoms with Crippen LogP contribution in [-0.2, 0) is 14.3 Å². The van der Waals surface area contributed by atoms with Crippen molar-refractivity contribution in [1.29, 1.82) is 0 Å². The molecule has 2 aromatic rings. The van der Waals surface area contributed by atoms with Gasteiger partial charge in [0.15, 0.2) is 0 Å². The predicted molar refractivity (Wildman–Crippen MR) is 109 cm³/mol. The fraction of sp³-hybridized carbons (Fsp3) is 0.333. The van der Waals surface area contributed by atoms with E-state index >= 15 is 0 Å². The molecule has 2 aliphatic rings. The topological polar surface area (TPSA) is 82.1 Å². The molecule has 156 valence electrons. The molecule has 1 heterocycles. The van der Waals surface area contributed by atoms with Crippen LogP contribution < -0.4 is 4.74 Å². The van der Waals surface area contributed by atoms with Gasteiger partial charge in [0.25, 0.3) is 0 Å². The summed E-state index contributed by atoms with van der Waals surface area (Å²) in [5.41, 5.74) is 0.477. The van der Waals surface area contributed by atoms with Crippen molar-refractivity contribution >= 4 is 11.9 Å². The molecular weight excluding hydrogens is 384 g/mol. The fourth-order valence-electron chi connectivity index (χ4n) is 4.08. The van der Waals surface area contributed by atoms with Crippen LogP contribution in [0.1, 0.15) is 23.2 Å². The minimum absolute atomic E-state index is 0.0652. The summed E-state index contributed by atoms with van der Waals surface area (Å²) in [7, 11) is 0. The molecule has 1 saturated heterocycles. The minimum atomic E-state index is -0.826.